The molecule has 0 amide bonds. The van der Waals surface area contributed by atoms with Gasteiger partial charge in [0.25, 0.3) is 0 Å². The van der Waals surface area contributed by atoms with E-state index in [0.29, 0.717) is 43.9 Å². The predicted molar refractivity (Wildman–Crippen MR) is 97.1 cm³/mol. The molecule has 0 aliphatic carbocycles. The van der Waals surface area contributed by atoms with Crippen molar-refractivity contribution >= 4 is 28.7 Å². The third kappa shape index (κ3) is 3.76. The summed E-state index contributed by atoms with van der Waals surface area (Å²) < 4.78 is 10.2. The Kier molecular flexibility index (Phi) is 5.65. The zero-order valence-electron chi connectivity index (χ0n) is 15.1. The van der Waals surface area contributed by atoms with Gasteiger partial charge < -0.3 is 14.4 Å². The molecule has 1 aromatic heterocycles. The van der Waals surface area contributed by atoms with Crippen molar-refractivity contribution in [2.75, 3.05) is 31.2 Å². The molecule has 7 heteroatoms. The SMILES string of the molecule is CCOC(=O)c1nc(N2CCC(C(=O)OCC)CC2)c2ccccc2n1. The number of esters is 2. The van der Waals surface area contributed by atoms with Gasteiger partial charge in [0.05, 0.1) is 24.6 Å². The molecular weight excluding hydrogens is 334 g/mol. The molecule has 0 bridgehead atoms. The van der Waals surface area contributed by atoms with E-state index in [1.807, 2.05) is 31.2 Å². The number of fused-ring (bicyclic) bond motifs is 1. The summed E-state index contributed by atoms with van der Waals surface area (Å²) in [6, 6.07) is 7.59. The molecule has 7 nitrogen and oxygen atoms in total. The van der Waals surface area contributed by atoms with Crippen LogP contribution in [0.1, 0.15) is 37.3 Å². The quantitative estimate of drug-likeness (QED) is 0.761. The Morgan fingerprint density at radius 3 is 2.46 bits per heavy atom. The minimum atomic E-state index is -0.527. The molecule has 1 saturated heterocycles. The lowest BCUT2D eigenvalue weighted by molar-refractivity contribution is -0.148. The number of aromatic nitrogens is 2. The number of anilines is 1. The zero-order valence-corrected chi connectivity index (χ0v) is 15.1. The number of para-hydroxylation sites is 1. The second-order valence-electron chi connectivity index (χ2n) is 6.12. The molecule has 2 aromatic rings. The van der Waals surface area contributed by atoms with Crippen molar-refractivity contribution in [3.05, 3.63) is 30.1 Å². The Bertz CT molecular complexity index is 800. The van der Waals surface area contributed by atoms with Gasteiger partial charge in [-0.25, -0.2) is 14.8 Å². The second kappa shape index (κ2) is 8.12. The van der Waals surface area contributed by atoms with Crippen LogP contribution in [0.5, 0.6) is 0 Å². The molecule has 1 aliphatic rings. The smallest absolute Gasteiger partial charge is 0.376 e. The van der Waals surface area contributed by atoms with Crippen molar-refractivity contribution in [1.82, 2.24) is 9.97 Å². The standard InChI is InChI=1S/C19H23N3O4/c1-3-25-18(23)13-9-11-22(12-10-13)17-14-7-5-6-8-15(14)20-16(21-17)19(24)26-4-2/h5-8,13H,3-4,9-12H2,1-2H3. The van der Waals surface area contributed by atoms with E-state index in [4.69, 9.17) is 9.47 Å². The number of nitrogens with zero attached hydrogens (tertiary/aromatic N) is 3. The van der Waals surface area contributed by atoms with Crippen LogP contribution in [-0.4, -0.2) is 48.2 Å². The molecule has 2 heterocycles. The van der Waals surface area contributed by atoms with Gasteiger partial charge in [0, 0.05) is 18.5 Å². The Balaban J connectivity index is 1.87. The van der Waals surface area contributed by atoms with Crippen LogP contribution in [0.25, 0.3) is 10.9 Å². The molecule has 0 atom stereocenters. The van der Waals surface area contributed by atoms with Gasteiger partial charge in [0.2, 0.25) is 5.82 Å². The van der Waals surface area contributed by atoms with E-state index >= 15 is 0 Å². The largest absolute Gasteiger partial charge is 0.466 e. The van der Waals surface area contributed by atoms with Crippen LogP contribution in [0.2, 0.25) is 0 Å². The van der Waals surface area contributed by atoms with Gasteiger partial charge in [-0.2, -0.15) is 0 Å². The van der Waals surface area contributed by atoms with Crippen LogP contribution >= 0.6 is 0 Å². The molecule has 26 heavy (non-hydrogen) atoms. The van der Waals surface area contributed by atoms with Crippen LogP contribution in [0.4, 0.5) is 5.82 Å². The lowest BCUT2D eigenvalue weighted by Crippen LogP contribution is -2.37. The van der Waals surface area contributed by atoms with E-state index < -0.39 is 5.97 Å². The van der Waals surface area contributed by atoms with E-state index in [2.05, 4.69) is 14.9 Å². The summed E-state index contributed by atoms with van der Waals surface area (Å²) in [6.07, 6.45) is 1.40. The van der Waals surface area contributed by atoms with Gasteiger partial charge in [-0.15, -0.1) is 0 Å². The summed E-state index contributed by atoms with van der Waals surface area (Å²) >= 11 is 0. The molecule has 0 N–H and O–H groups in total. The number of rotatable bonds is 5. The molecule has 1 aromatic carbocycles. The summed E-state index contributed by atoms with van der Waals surface area (Å²) in [6.45, 7) is 5.59. The van der Waals surface area contributed by atoms with E-state index in [1.54, 1.807) is 6.92 Å². The average Bonchev–Trinajstić information content (AvgIpc) is 2.67. The Hall–Kier alpha value is -2.70. The van der Waals surface area contributed by atoms with Gasteiger partial charge in [-0.3, -0.25) is 4.79 Å². The molecule has 138 valence electrons. The molecule has 0 spiro atoms. The maximum Gasteiger partial charge on any atom is 0.376 e. The third-order valence-electron chi connectivity index (χ3n) is 4.46. The minimum Gasteiger partial charge on any atom is -0.466 e. The highest BCUT2D eigenvalue weighted by molar-refractivity contribution is 5.94. The Labute approximate surface area is 152 Å². The summed E-state index contributed by atoms with van der Waals surface area (Å²) in [7, 11) is 0. The molecule has 1 fully saturated rings. The highest BCUT2D eigenvalue weighted by atomic mass is 16.5. The highest BCUT2D eigenvalue weighted by Crippen LogP contribution is 2.28. The molecule has 0 radical (unpaired) electrons. The van der Waals surface area contributed by atoms with E-state index in [9.17, 15) is 9.59 Å². The van der Waals surface area contributed by atoms with E-state index in [0.717, 1.165) is 5.39 Å². The van der Waals surface area contributed by atoms with Crippen LogP contribution in [0, 0.1) is 5.92 Å². The van der Waals surface area contributed by atoms with Gasteiger partial charge in [-0.05, 0) is 38.8 Å². The first-order valence-electron chi connectivity index (χ1n) is 8.99. The van der Waals surface area contributed by atoms with E-state index in [-0.39, 0.29) is 24.3 Å². The number of piperidine rings is 1. The minimum absolute atomic E-state index is 0.0630. The van der Waals surface area contributed by atoms with Crippen LogP contribution in [-0.2, 0) is 14.3 Å². The first-order valence-corrected chi connectivity index (χ1v) is 8.99. The fourth-order valence-corrected chi connectivity index (χ4v) is 3.17. The molecular formula is C19H23N3O4. The summed E-state index contributed by atoms with van der Waals surface area (Å²) in [5.41, 5.74) is 0.702. The van der Waals surface area contributed by atoms with Crippen molar-refractivity contribution < 1.29 is 19.1 Å². The van der Waals surface area contributed by atoms with E-state index in [1.165, 1.54) is 0 Å². The van der Waals surface area contributed by atoms with Gasteiger partial charge >= 0.3 is 11.9 Å². The van der Waals surface area contributed by atoms with Crippen molar-refractivity contribution in [2.24, 2.45) is 5.92 Å². The first-order chi connectivity index (χ1) is 12.6. The van der Waals surface area contributed by atoms with Gasteiger partial charge in [0.1, 0.15) is 5.82 Å². The summed E-state index contributed by atoms with van der Waals surface area (Å²) in [5.74, 6) is 0.0330. The summed E-state index contributed by atoms with van der Waals surface area (Å²) in [4.78, 5) is 35.0. The third-order valence-corrected chi connectivity index (χ3v) is 4.46. The topological polar surface area (TPSA) is 81.6 Å². The van der Waals surface area contributed by atoms with Gasteiger partial charge in [0.15, 0.2) is 0 Å². The molecule has 0 saturated carbocycles. The Morgan fingerprint density at radius 2 is 1.77 bits per heavy atom. The maximum atomic E-state index is 12.1. The molecule has 3 rings (SSSR count). The first kappa shape index (κ1) is 18.1. The number of carbonyl (C=O) groups is 2. The predicted octanol–water partition coefficient (Wildman–Crippen LogP) is 2.59. The number of carbonyl (C=O) groups excluding carboxylic acids is 2. The fraction of sp³-hybridized carbons (Fsp3) is 0.474. The number of benzene rings is 1. The molecule has 1 aliphatic heterocycles. The normalized spacial score (nSPS) is 15.1. The van der Waals surface area contributed by atoms with Crippen molar-refractivity contribution in [1.29, 1.82) is 0 Å². The van der Waals surface area contributed by atoms with Crippen LogP contribution in [0.15, 0.2) is 24.3 Å². The maximum absolute atomic E-state index is 12.1. The number of hydrogen-bond acceptors (Lipinski definition) is 7. The fourth-order valence-electron chi connectivity index (χ4n) is 3.17. The highest BCUT2D eigenvalue weighted by Gasteiger charge is 2.28. The lowest BCUT2D eigenvalue weighted by Gasteiger charge is -2.32. The van der Waals surface area contributed by atoms with Crippen molar-refractivity contribution in [3.8, 4) is 0 Å². The van der Waals surface area contributed by atoms with Crippen molar-refractivity contribution in [3.63, 3.8) is 0 Å². The van der Waals surface area contributed by atoms with Crippen LogP contribution < -0.4 is 4.90 Å². The monoisotopic (exact) mass is 357 g/mol. The number of ether oxygens (including phenoxy) is 2. The average molecular weight is 357 g/mol. The zero-order chi connectivity index (χ0) is 18.5. The van der Waals surface area contributed by atoms with Crippen molar-refractivity contribution in [2.45, 2.75) is 26.7 Å². The summed E-state index contributed by atoms with van der Waals surface area (Å²) in [5, 5.41) is 0.884. The number of hydrogen-bond donors (Lipinski definition) is 0. The van der Waals surface area contributed by atoms with Crippen LogP contribution in [0.3, 0.4) is 0 Å². The Morgan fingerprint density at radius 1 is 1.08 bits per heavy atom. The second-order valence-corrected chi connectivity index (χ2v) is 6.12. The molecule has 0 unspecified atom stereocenters. The lowest BCUT2D eigenvalue weighted by atomic mass is 9.97. The van der Waals surface area contributed by atoms with Gasteiger partial charge in [-0.1, -0.05) is 12.1 Å².